The Labute approximate surface area is 163 Å². The van der Waals surface area contributed by atoms with E-state index in [1.54, 1.807) is 26.4 Å². The predicted octanol–water partition coefficient (Wildman–Crippen LogP) is 5.05. The third kappa shape index (κ3) is 5.24. The van der Waals surface area contributed by atoms with E-state index < -0.39 is 0 Å². The van der Waals surface area contributed by atoms with Crippen LogP contribution in [0.1, 0.15) is 37.5 Å². The number of hydrogen-bond acceptors (Lipinski definition) is 4. The monoisotopic (exact) mass is 420 g/mol. The summed E-state index contributed by atoms with van der Waals surface area (Å²) in [6, 6.07) is 11.7. The third-order valence-electron chi connectivity index (χ3n) is 4.11. The van der Waals surface area contributed by atoms with E-state index >= 15 is 0 Å². The largest absolute Gasteiger partial charge is 0.493 e. The summed E-state index contributed by atoms with van der Waals surface area (Å²) >= 11 is 3.46. The second-order valence-electron chi connectivity index (χ2n) is 7.08. The van der Waals surface area contributed by atoms with Crippen LogP contribution in [0.3, 0.4) is 0 Å². The first-order valence-corrected chi connectivity index (χ1v) is 9.19. The Balaban J connectivity index is 1.99. The maximum Gasteiger partial charge on any atom is 0.310 e. The van der Waals surface area contributed by atoms with E-state index in [1.807, 2.05) is 12.1 Å². The third-order valence-corrected chi connectivity index (χ3v) is 4.85. The molecule has 2 rings (SSSR count). The fourth-order valence-electron chi connectivity index (χ4n) is 2.50. The zero-order chi connectivity index (χ0) is 19.3. The van der Waals surface area contributed by atoms with Crippen LogP contribution in [0.5, 0.6) is 11.5 Å². The molecular formula is C21H25BrO4. The van der Waals surface area contributed by atoms with E-state index in [-0.39, 0.29) is 24.4 Å². The van der Waals surface area contributed by atoms with Gasteiger partial charge >= 0.3 is 5.97 Å². The summed E-state index contributed by atoms with van der Waals surface area (Å²) in [4.78, 5) is 12.2. The van der Waals surface area contributed by atoms with Crippen LogP contribution in [-0.4, -0.2) is 20.2 Å². The number of hydrogen-bond donors (Lipinski definition) is 0. The van der Waals surface area contributed by atoms with Gasteiger partial charge in [-0.3, -0.25) is 4.79 Å². The molecule has 0 aliphatic heterocycles. The molecule has 140 valence electrons. The Hall–Kier alpha value is -2.01. The van der Waals surface area contributed by atoms with Crippen LogP contribution < -0.4 is 9.47 Å². The molecule has 0 heterocycles. The second kappa shape index (κ2) is 8.58. The number of benzene rings is 2. The van der Waals surface area contributed by atoms with Gasteiger partial charge in [0, 0.05) is 4.47 Å². The molecule has 2 aromatic carbocycles. The molecule has 2 aromatic rings. The fraction of sp³-hybridized carbons (Fsp3) is 0.381. The lowest BCUT2D eigenvalue weighted by molar-refractivity contribution is -0.144. The Bertz CT molecular complexity index is 761. The van der Waals surface area contributed by atoms with Crippen molar-refractivity contribution in [2.75, 3.05) is 14.2 Å². The van der Waals surface area contributed by atoms with Gasteiger partial charge in [0.15, 0.2) is 11.5 Å². The summed E-state index contributed by atoms with van der Waals surface area (Å²) in [7, 11) is 3.14. The van der Waals surface area contributed by atoms with Crippen LogP contribution in [0, 0.1) is 0 Å². The number of rotatable bonds is 6. The molecule has 0 aliphatic carbocycles. The van der Waals surface area contributed by atoms with Crippen molar-refractivity contribution in [1.29, 1.82) is 0 Å². The molecule has 26 heavy (non-hydrogen) atoms. The van der Waals surface area contributed by atoms with Crippen LogP contribution in [0.25, 0.3) is 0 Å². The number of esters is 1. The van der Waals surface area contributed by atoms with Gasteiger partial charge in [-0.25, -0.2) is 0 Å². The van der Waals surface area contributed by atoms with Gasteiger partial charge in [0.1, 0.15) is 6.61 Å². The van der Waals surface area contributed by atoms with Crippen molar-refractivity contribution in [2.45, 2.75) is 39.2 Å². The first-order valence-electron chi connectivity index (χ1n) is 8.40. The van der Waals surface area contributed by atoms with Crippen LogP contribution in [0.2, 0.25) is 0 Å². The van der Waals surface area contributed by atoms with Crippen LogP contribution >= 0.6 is 15.9 Å². The summed E-state index contributed by atoms with van der Waals surface area (Å²) in [6.45, 7) is 6.77. The highest BCUT2D eigenvalue weighted by Gasteiger charge is 2.15. The molecule has 0 N–H and O–H groups in total. The molecule has 0 aliphatic rings. The molecule has 5 heteroatoms. The lowest BCUT2D eigenvalue weighted by Gasteiger charge is -2.19. The molecule has 0 bridgehead atoms. The van der Waals surface area contributed by atoms with Crippen molar-refractivity contribution < 1.29 is 19.0 Å². The van der Waals surface area contributed by atoms with Gasteiger partial charge in [0.25, 0.3) is 0 Å². The number of halogens is 1. The molecular weight excluding hydrogens is 396 g/mol. The Morgan fingerprint density at radius 3 is 2.12 bits per heavy atom. The van der Waals surface area contributed by atoms with E-state index in [4.69, 9.17) is 14.2 Å². The minimum atomic E-state index is -0.294. The molecule has 4 nitrogen and oxygen atoms in total. The maximum atomic E-state index is 12.2. The molecule has 0 amide bonds. The van der Waals surface area contributed by atoms with Crippen molar-refractivity contribution in [3.05, 3.63) is 57.6 Å². The van der Waals surface area contributed by atoms with Crippen molar-refractivity contribution in [3.8, 4) is 11.5 Å². The van der Waals surface area contributed by atoms with Crippen molar-refractivity contribution in [2.24, 2.45) is 0 Å². The molecule has 0 radical (unpaired) electrons. The van der Waals surface area contributed by atoms with Crippen molar-refractivity contribution in [1.82, 2.24) is 0 Å². The Morgan fingerprint density at radius 2 is 1.58 bits per heavy atom. The first kappa shape index (κ1) is 20.3. The van der Waals surface area contributed by atoms with Crippen LogP contribution in [0.15, 0.2) is 40.9 Å². The molecule has 0 spiro atoms. The van der Waals surface area contributed by atoms with Gasteiger partial charge in [-0.05, 0) is 34.2 Å². The summed E-state index contributed by atoms with van der Waals surface area (Å²) in [5, 5.41) is 0. The first-order chi connectivity index (χ1) is 12.2. The summed E-state index contributed by atoms with van der Waals surface area (Å²) < 4.78 is 16.7. The van der Waals surface area contributed by atoms with E-state index in [0.29, 0.717) is 11.5 Å². The maximum absolute atomic E-state index is 12.2. The van der Waals surface area contributed by atoms with Gasteiger partial charge in [0.05, 0.1) is 20.6 Å². The predicted molar refractivity (Wildman–Crippen MR) is 106 cm³/mol. The Kier molecular flexibility index (Phi) is 6.70. The van der Waals surface area contributed by atoms with Gasteiger partial charge in [-0.15, -0.1) is 0 Å². The van der Waals surface area contributed by atoms with Gasteiger partial charge < -0.3 is 14.2 Å². The minimum absolute atomic E-state index is 0.106. The summed E-state index contributed by atoms with van der Waals surface area (Å²) in [6.07, 6.45) is 0.154. The topological polar surface area (TPSA) is 44.8 Å². The number of ether oxygens (including phenoxy) is 3. The standard InChI is InChI=1S/C21H25BrO4/c1-21(2,3)16-8-6-14(7-9-16)13-26-20(23)11-15-10-18(24-4)19(25-5)12-17(15)22/h6-10,12H,11,13H2,1-5H3. The lowest BCUT2D eigenvalue weighted by Crippen LogP contribution is -2.11. The quantitative estimate of drug-likeness (QED) is 0.613. The van der Waals surface area contributed by atoms with E-state index in [2.05, 4.69) is 48.8 Å². The number of methoxy groups -OCH3 is 2. The smallest absolute Gasteiger partial charge is 0.310 e. The molecule has 0 atom stereocenters. The second-order valence-corrected chi connectivity index (χ2v) is 7.94. The highest BCUT2D eigenvalue weighted by atomic mass is 79.9. The van der Waals surface area contributed by atoms with Gasteiger partial charge in [-0.1, -0.05) is 61.0 Å². The molecule has 0 saturated carbocycles. The summed E-state index contributed by atoms with van der Waals surface area (Å²) in [5.41, 5.74) is 3.12. The van der Waals surface area contributed by atoms with E-state index in [0.717, 1.165) is 15.6 Å². The Morgan fingerprint density at radius 1 is 1.00 bits per heavy atom. The summed E-state index contributed by atoms with van der Waals surface area (Å²) in [5.74, 6) is 0.893. The van der Waals surface area contributed by atoms with Gasteiger partial charge in [-0.2, -0.15) is 0 Å². The average molecular weight is 421 g/mol. The zero-order valence-corrected chi connectivity index (χ0v) is 17.5. The van der Waals surface area contributed by atoms with Crippen molar-refractivity contribution >= 4 is 21.9 Å². The molecule has 0 fully saturated rings. The highest BCUT2D eigenvalue weighted by molar-refractivity contribution is 9.10. The molecule has 0 saturated heterocycles. The minimum Gasteiger partial charge on any atom is -0.493 e. The normalized spacial score (nSPS) is 11.2. The molecule has 0 unspecified atom stereocenters. The lowest BCUT2D eigenvalue weighted by atomic mass is 9.87. The zero-order valence-electron chi connectivity index (χ0n) is 15.9. The molecule has 0 aromatic heterocycles. The van der Waals surface area contributed by atoms with Crippen molar-refractivity contribution in [3.63, 3.8) is 0 Å². The van der Waals surface area contributed by atoms with E-state index in [1.165, 1.54) is 5.56 Å². The fourth-order valence-corrected chi connectivity index (χ4v) is 2.97. The van der Waals surface area contributed by atoms with Crippen LogP contribution in [-0.2, 0) is 28.0 Å². The number of carbonyl (C=O) groups excluding carboxylic acids is 1. The van der Waals surface area contributed by atoms with Gasteiger partial charge in [0.2, 0.25) is 0 Å². The van der Waals surface area contributed by atoms with E-state index in [9.17, 15) is 4.79 Å². The highest BCUT2D eigenvalue weighted by Crippen LogP contribution is 2.33. The average Bonchev–Trinajstić information content (AvgIpc) is 2.60. The SMILES string of the molecule is COc1cc(Br)c(CC(=O)OCc2ccc(C(C)(C)C)cc2)cc1OC. The number of carbonyl (C=O) groups is 1. The van der Waals surface area contributed by atoms with Crippen LogP contribution in [0.4, 0.5) is 0 Å².